The van der Waals surface area contributed by atoms with E-state index in [-0.39, 0.29) is 5.78 Å². The highest BCUT2D eigenvalue weighted by molar-refractivity contribution is 6.10. The molecule has 0 aliphatic rings. The molecule has 0 saturated heterocycles. The molecule has 0 unspecified atom stereocenters. The molecule has 0 aliphatic heterocycles. The summed E-state index contributed by atoms with van der Waals surface area (Å²) in [4.78, 5) is 12.6. The third kappa shape index (κ3) is 3.54. The van der Waals surface area contributed by atoms with Gasteiger partial charge in [-0.3, -0.25) is 4.79 Å². The van der Waals surface area contributed by atoms with Crippen molar-refractivity contribution < 1.29 is 14.3 Å². The molecule has 0 spiro atoms. The Hall–Kier alpha value is -2.49. The number of nitrogen functional groups attached to an aromatic ring is 1. The van der Waals surface area contributed by atoms with Gasteiger partial charge in [0.15, 0.2) is 5.78 Å². The van der Waals surface area contributed by atoms with Crippen LogP contribution in [-0.2, 0) is 0 Å². The molecule has 2 aromatic rings. The van der Waals surface area contributed by atoms with Crippen LogP contribution in [0.2, 0.25) is 0 Å². The highest BCUT2D eigenvalue weighted by atomic mass is 16.5. The minimum Gasteiger partial charge on any atom is -0.494 e. The maximum absolute atomic E-state index is 12.6. The van der Waals surface area contributed by atoms with Crippen LogP contribution in [-0.4, -0.2) is 19.0 Å². The Kier molecular flexibility index (Phi) is 4.82. The first-order valence-electron chi connectivity index (χ1n) is 6.95. The van der Waals surface area contributed by atoms with Crippen LogP contribution in [0.25, 0.3) is 0 Å². The quantitative estimate of drug-likeness (QED) is 0.653. The van der Waals surface area contributed by atoms with Gasteiger partial charge in [-0.15, -0.1) is 0 Å². The number of carbonyl (C=O) groups is 1. The van der Waals surface area contributed by atoms with E-state index in [0.29, 0.717) is 41.5 Å². The van der Waals surface area contributed by atoms with E-state index >= 15 is 0 Å². The Morgan fingerprint density at radius 3 is 2.29 bits per heavy atom. The summed E-state index contributed by atoms with van der Waals surface area (Å²) in [6, 6.07) is 12.1. The Morgan fingerprint density at radius 1 is 1.00 bits per heavy atom. The van der Waals surface area contributed by atoms with Crippen molar-refractivity contribution in [2.45, 2.75) is 13.8 Å². The fourth-order valence-corrected chi connectivity index (χ4v) is 2.01. The molecule has 0 amide bonds. The van der Waals surface area contributed by atoms with E-state index in [0.717, 1.165) is 0 Å². The second-order valence-electron chi connectivity index (χ2n) is 4.48. The van der Waals surface area contributed by atoms with Gasteiger partial charge >= 0.3 is 0 Å². The number of carbonyl (C=O) groups excluding carboxylic acids is 1. The van der Waals surface area contributed by atoms with Gasteiger partial charge in [-0.1, -0.05) is 0 Å². The Labute approximate surface area is 124 Å². The van der Waals surface area contributed by atoms with E-state index in [4.69, 9.17) is 15.2 Å². The summed E-state index contributed by atoms with van der Waals surface area (Å²) < 4.78 is 11.0. The minimum absolute atomic E-state index is 0.0958. The average Bonchev–Trinajstić information content (AvgIpc) is 2.48. The van der Waals surface area contributed by atoms with E-state index in [1.165, 1.54) is 0 Å². The summed E-state index contributed by atoms with van der Waals surface area (Å²) in [7, 11) is 0. The second-order valence-corrected chi connectivity index (χ2v) is 4.48. The van der Waals surface area contributed by atoms with Gasteiger partial charge in [0.1, 0.15) is 11.5 Å². The molecule has 0 bridgehead atoms. The van der Waals surface area contributed by atoms with Gasteiger partial charge in [0.25, 0.3) is 0 Å². The largest absolute Gasteiger partial charge is 0.494 e. The predicted molar refractivity (Wildman–Crippen MR) is 83.1 cm³/mol. The maximum Gasteiger partial charge on any atom is 0.196 e. The van der Waals surface area contributed by atoms with Gasteiger partial charge in [0, 0.05) is 17.3 Å². The SMILES string of the molecule is CCOc1ccc(C(=O)c2ccc(N)cc2)c(OCC)c1. The summed E-state index contributed by atoms with van der Waals surface area (Å²) in [6.45, 7) is 4.84. The molecule has 0 radical (unpaired) electrons. The zero-order valence-corrected chi connectivity index (χ0v) is 12.3. The van der Waals surface area contributed by atoms with Gasteiger partial charge < -0.3 is 15.2 Å². The summed E-state index contributed by atoms with van der Waals surface area (Å²) in [5.41, 5.74) is 7.37. The molecule has 2 N–H and O–H groups in total. The lowest BCUT2D eigenvalue weighted by Gasteiger charge is -2.12. The van der Waals surface area contributed by atoms with Crippen molar-refractivity contribution in [3.63, 3.8) is 0 Å². The lowest BCUT2D eigenvalue weighted by Crippen LogP contribution is -2.06. The third-order valence-corrected chi connectivity index (χ3v) is 2.98. The fourth-order valence-electron chi connectivity index (χ4n) is 2.01. The van der Waals surface area contributed by atoms with Crippen molar-refractivity contribution in [2.75, 3.05) is 18.9 Å². The van der Waals surface area contributed by atoms with Gasteiger partial charge in [0.2, 0.25) is 0 Å². The highest BCUT2D eigenvalue weighted by Gasteiger charge is 2.15. The second kappa shape index (κ2) is 6.79. The first-order chi connectivity index (χ1) is 10.2. The van der Waals surface area contributed by atoms with Crippen molar-refractivity contribution in [2.24, 2.45) is 0 Å². The molecule has 2 aromatic carbocycles. The molecule has 0 atom stereocenters. The van der Waals surface area contributed by atoms with E-state index in [1.807, 2.05) is 13.8 Å². The lowest BCUT2D eigenvalue weighted by atomic mass is 10.0. The predicted octanol–water partition coefficient (Wildman–Crippen LogP) is 3.30. The Morgan fingerprint density at radius 2 is 1.67 bits per heavy atom. The van der Waals surface area contributed by atoms with Gasteiger partial charge in [0.05, 0.1) is 18.8 Å². The monoisotopic (exact) mass is 285 g/mol. The van der Waals surface area contributed by atoms with Crippen LogP contribution in [0.15, 0.2) is 42.5 Å². The molecule has 0 aromatic heterocycles. The number of hydrogen-bond donors (Lipinski definition) is 1. The van der Waals surface area contributed by atoms with Gasteiger partial charge in [-0.05, 0) is 50.2 Å². The first-order valence-corrected chi connectivity index (χ1v) is 6.95. The summed E-state index contributed by atoms with van der Waals surface area (Å²) in [5, 5.41) is 0. The fraction of sp³-hybridized carbons (Fsp3) is 0.235. The maximum atomic E-state index is 12.6. The number of nitrogens with two attached hydrogens (primary N) is 1. The van der Waals surface area contributed by atoms with Crippen LogP contribution in [0, 0.1) is 0 Å². The number of anilines is 1. The molecule has 2 rings (SSSR count). The summed E-state index contributed by atoms with van der Waals surface area (Å²) >= 11 is 0. The summed E-state index contributed by atoms with van der Waals surface area (Å²) in [5.74, 6) is 1.13. The minimum atomic E-state index is -0.0958. The average molecular weight is 285 g/mol. The van der Waals surface area contributed by atoms with E-state index in [2.05, 4.69) is 0 Å². The molecule has 0 aliphatic carbocycles. The number of ether oxygens (including phenoxy) is 2. The molecule has 0 fully saturated rings. The topological polar surface area (TPSA) is 61.5 Å². The Balaban J connectivity index is 2.37. The number of rotatable bonds is 6. The molecule has 110 valence electrons. The van der Waals surface area contributed by atoms with Crippen molar-refractivity contribution in [1.29, 1.82) is 0 Å². The van der Waals surface area contributed by atoms with Crippen LogP contribution in [0.3, 0.4) is 0 Å². The van der Waals surface area contributed by atoms with Crippen LogP contribution >= 0.6 is 0 Å². The van der Waals surface area contributed by atoms with Crippen molar-refractivity contribution in [3.05, 3.63) is 53.6 Å². The van der Waals surface area contributed by atoms with Crippen LogP contribution in [0.1, 0.15) is 29.8 Å². The molecule has 21 heavy (non-hydrogen) atoms. The molecule has 0 heterocycles. The first kappa shape index (κ1) is 14.9. The zero-order valence-electron chi connectivity index (χ0n) is 12.3. The van der Waals surface area contributed by atoms with E-state index in [1.54, 1.807) is 42.5 Å². The Bertz CT molecular complexity index is 620. The van der Waals surface area contributed by atoms with E-state index < -0.39 is 0 Å². The van der Waals surface area contributed by atoms with Crippen molar-refractivity contribution in [3.8, 4) is 11.5 Å². The summed E-state index contributed by atoms with van der Waals surface area (Å²) in [6.07, 6.45) is 0. The smallest absolute Gasteiger partial charge is 0.196 e. The van der Waals surface area contributed by atoms with Crippen LogP contribution < -0.4 is 15.2 Å². The van der Waals surface area contributed by atoms with Crippen molar-refractivity contribution >= 4 is 11.5 Å². The molecule has 0 saturated carbocycles. The molecular weight excluding hydrogens is 266 g/mol. The van der Waals surface area contributed by atoms with Gasteiger partial charge in [-0.25, -0.2) is 0 Å². The number of benzene rings is 2. The molecule has 4 heteroatoms. The lowest BCUT2D eigenvalue weighted by molar-refractivity contribution is 0.103. The standard InChI is InChI=1S/C17H19NO3/c1-3-20-14-9-10-15(16(11-14)21-4-2)17(19)12-5-7-13(18)8-6-12/h5-11H,3-4,18H2,1-2H3. The van der Waals surface area contributed by atoms with Crippen LogP contribution in [0.4, 0.5) is 5.69 Å². The highest BCUT2D eigenvalue weighted by Crippen LogP contribution is 2.27. The van der Waals surface area contributed by atoms with Crippen molar-refractivity contribution in [1.82, 2.24) is 0 Å². The molecular formula is C17H19NO3. The van der Waals surface area contributed by atoms with E-state index in [9.17, 15) is 4.79 Å². The normalized spacial score (nSPS) is 10.2. The molecule has 4 nitrogen and oxygen atoms in total. The number of hydrogen-bond acceptors (Lipinski definition) is 4. The van der Waals surface area contributed by atoms with Crippen LogP contribution in [0.5, 0.6) is 11.5 Å². The zero-order chi connectivity index (χ0) is 15.2. The number of ketones is 1. The third-order valence-electron chi connectivity index (χ3n) is 2.98. The van der Waals surface area contributed by atoms with Gasteiger partial charge in [-0.2, -0.15) is 0 Å².